The topological polar surface area (TPSA) is 58.3 Å². The predicted molar refractivity (Wildman–Crippen MR) is 90.9 cm³/mol. The van der Waals surface area contributed by atoms with Crippen molar-refractivity contribution in [2.75, 3.05) is 18.8 Å². The van der Waals surface area contributed by atoms with Gasteiger partial charge < -0.3 is 16.2 Å². The van der Waals surface area contributed by atoms with E-state index in [1.807, 2.05) is 24.3 Å². The molecule has 2 aromatic rings. The van der Waals surface area contributed by atoms with E-state index in [9.17, 15) is 5.11 Å². The van der Waals surface area contributed by atoms with E-state index in [-0.39, 0.29) is 5.92 Å². The van der Waals surface area contributed by atoms with Gasteiger partial charge in [-0.2, -0.15) is 0 Å². The molecule has 0 bridgehead atoms. The predicted octanol–water partition coefficient (Wildman–Crippen LogP) is 2.82. The molecule has 0 amide bonds. The van der Waals surface area contributed by atoms with Gasteiger partial charge in [-0.3, -0.25) is 0 Å². The third kappa shape index (κ3) is 3.01. The van der Waals surface area contributed by atoms with E-state index in [2.05, 4.69) is 36.5 Å². The minimum absolute atomic E-state index is 0.0178. The molecule has 1 aliphatic heterocycles. The summed E-state index contributed by atoms with van der Waals surface area (Å²) in [5.74, 6) is -0.0178. The Hall–Kier alpha value is -1.84. The number of aryl methyl sites for hydroxylation is 1. The van der Waals surface area contributed by atoms with Crippen LogP contribution in [0.2, 0.25) is 0 Å². The largest absolute Gasteiger partial charge is 0.399 e. The zero-order valence-electron chi connectivity index (χ0n) is 13.0. The Balaban J connectivity index is 2.05. The molecule has 1 fully saturated rings. The third-order valence-electron chi connectivity index (χ3n) is 4.69. The van der Waals surface area contributed by atoms with Crippen LogP contribution in [-0.2, 0) is 0 Å². The van der Waals surface area contributed by atoms with Gasteiger partial charge in [0.05, 0.1) is 5.60 Å². The standard InChI is InChI=1S/C19H24N2O/c1-14-2-4-15(5-3-14)18(16-6-8-17(20)9-7-16)19(22)10-12-21-13-11-19/h2-9,18,21-22H,10-13,20H2,1H3. The van der Waals surface area contributed by atoms with Crippen molar-refractivity contribution in [1.82, 2.24) is 5.32 Å². The maximum Gasteiger partial charge on any atom is 0.0780 e. The number of aliphatic hydroxyl groups is 1. The monoisotopic (exact) mass is 296 g/mol. The summed E-state index contributed by atoms with van der Waals surface area (Å²) in [6.07, 6.45) is 1.52. The molecule has 1 aliphatic rings. The smallest absolute Gasteiger partial charge is 0.0780 e. The number of piperidine rings is 1. The highest BCUT2D eigenvalue weighted by Gasteiger charge is 2.39. The van der Waals surface area contributed by atoms with Crippen LogP contribution in [0.4, 0.5) is 5.69 Å². The Morgan fingerprint density at radius 2 is 1.45 bits per heavy atom. The van der Waals surface area contributed by atoms with Crippen LogP contribution in [0.25, 0.3) is 0 Å². The molecule has 3 heteroatoms. The van der Waals surface area contributed by atoms with Gasteiger partial charge in [0.25, 0.3) is 0 Å². The summed E-state index contributed by atoms with van der Waals surface area (Å²) in [7, 11) is 0. The lowest BCUT2D eigenvalue weighted by Crippen LogP contribution is -2.46. The minimum atomic E-state index is -0.712. The Morgan fingerprint density at radius 1 is 0.955 bits per heavy atom. The quantitative estimate of drug-likeness (QED) is 0.763. The average molecular weight is 296 g/mol. The maximum absolute atomic E-state index is 11.3. The van der Waals surface area contributed by atoms with Crippen LogP contribution in [0.5, 0.6) is 0 Å². The first-order valence-corrected chi connectivity index (χ1v) is 7.94. The molecule has 2 aromatic carbocycles. The van der Waals surface area contributed by atoms with Crippen LogP contribution < -0.4 is 11.1 Å². The molecular formula is C19H24N2O. The molecule has 0 saturated carbocycles. The number of nitrogens with two attached hydrogens (primary N) is 1. The van der Waals surface area contributed by atoms with E-state index in [0.717, 1.165) is 37.2 Å². The number of nitrogens with one attached hydrogen (secondary N) is 1. The molecule has 3 nitrogen and oxygen atoms in total. The molecule has 0 aliphatic carbocycles. The van der Waals surface area contributed by atoms with Gasteiger partial charge in [0.1, 0.15) is 0 Å². The van der Waals surface area contributed by atoms with Crippen molar-refractivity contribution < 1.29 is 5.11 Å². The molecule has 1 atom stereocenters. The maximum atomic E-state index is 11.3. The molecule has 1 heterocycles. The molecule has 0 radical (unpaired) electrons. The summed E-state index contributed by atoms with van der Waals surface area (Å²) in [5.41, 5.74) is 9.39. The molecule has 1 saturated heterocycles. The van der Waals surface area contributed by atoms with Crippen molar-refractivity contribution in [3.05, 3.63) is 65.2 Å². The number of hydrogen-bond acceptors (Lipinski definition) is 3. The van der Waals surface area contributed by atoms with E-state index in [0.29, 0.717) is 0 Å². The minimum Gasteiger partial charge on any atom is -0.399 e. The van der Waals surface area contributed by atoms with Gasteiger partial charge in [0.2, 0.25) is 0 Å². The lowest BCUT2D eigenvalue weighted by atomic mass is 9.72. The summed E-state index contributed by atoms with van der Waals surface area (Å²) < 4.78 is 0. The van der Waals surface area contributed by atoms with Gasteiger partial charge in [0.15, 0.2) is 0 Å². The van der Waals surface area contributed by atoms with Crippen LogP contribution in [0.15, 0.2) is 48.5 Å². The highest BCUT2D eigenvalue weighted by molar-refractivity contribution is 5.44. The number of anilines is 1. The highest BCUT2D eigenvalue weighted by atomic mass is 16.3. The zero-order chi connectivity index (χ0) is 15.6. The zero-order valence-corrected chi connectivity index (χ0v) is 13.0. The second-order valence-electron chi connectivity index (χ2n) is 6.36. The van der Waals surface area contributed by atoms with Crippen molar-refractivity contribution in [1.29, 1.82) is 0 Å². The summed E-state index contributed by atoms with van der Waals surface area (Å²) in [6.45, 7) is 3.79. The fraction of sp³-hybridized carbons (Fsp3) is 0.368. The molecule has 3 rings (SSSR count). The third-order valence-corrected chi connectivity index (χ3v) is 4.69. The van der Waals surface area contributed by atoms with E-state index in [1.54, 1.807) is 0 Å². The van der Waals surface area contributed by atoms with Crippen molar-refractivity contribution in [2.45, 2.75) is 31.3 Å². The summed E-state index contributed by atoms with van der Waals surface area (Å²) in [4.78, 5) is 0. The van der Waals surface area contributed by atoms with Gasteiger partial charge >= 0.3 is 0 Å². The average Bonchev–Trinajstić information content (AvgIpc) is 2.52. The van der Waals surface area contributed by atoms with Crippen molar-refractivity contribution in [3.8, 4) is 0 Å². The van der Waals surface area contributed by atoms with E-state index in [4.69, 9.17) is 5.73 Å². The Bertz CT molecular complexity index is 567. The lowest BCUT2D eigenvalue weighted by Gasteiger charge is -2.40. The van der Waals surface area contributed by atoms with Gasteiger partial charge in [-0.15, -0.1) is 0 Å². The van der Waals surface area contributed by atoms with E-state index >= 15 is 0 Å². The molecule has 0 spiro atoms. The van der Waals surface area contributed by atoms with Gasteiger partial charge in [0, 0.05) is 11.6 Å². The first-order chi connectivity index (χ1) is 10.6. The van der Waals surface area contributed by atoms with Gasteiger partial charge in [-0.05, 0) is 56.1 Å². The van der Waals surface area contributed by atoms with E-state index < -0.39 is 5.60 Å². The van der Waals surface area contributed by atoms with Gasteiger partial charge in [-0.25, -0.2) is 0 Å². The summed E-state index contributed by atoms with van der Waals surface area (Å²) in [6, 6.07) is 16.4. The van der Waals surface area contributed by atoms with Gasteiger partial charge in [-0.1, -0.05) is 42.0 Å². The number of rotatable bonds is 3. The highest BCUT2D eigenvalue weighted by Crippen LogP contribution is 2.40. The summed E-state index contributed by atoms with van der Waals surface area (Å²) in [5, 5.41) is 14.6. The number of hydrogen-bond donors (Lipinski definition) is 3. The first-order valence-electron chi connectivity index (χ1n) is 7.94. The van der Waals surface area contributed by atoms with Crippen molar-refractivity contribution in [2.24, 2.45) is 0 Å². The van der Waals surface area contributed by atoms with Crippen molar-refractivity contribution >= 4 is 5.69 Å². The molecule has 1 unspecified atom stereocenters. The Morgan fingerprint density at radius 3 is 2.00 bits per heavy atom. The van der Waals surface area contributed by atoms with Crippen LogP contribution >= 0.6 is 0 Å². The lowest BCUT2D eigenvalue weighted by molar-refractivity contribution is -0.00488. The molecule has 0 aromatic heterocycles. The molecule has 4 N–H and O–H groups in total. The molecular weight excluding hydrogens is 272 g/mol. The Labute approximate surface area is 132 Å². The SMILES string of the molecule is Cc1ccc(C(c2ccc(N)cc2)C2(O)CCNCC2)cc1. The number of nitrogen functional groups attached to an aromatic ring is 1. The normalized spacial score (nSPS) is 18.8. The second kappa shape index (κ2) is 6.11. The van der Waals surface area contributed by atoms with Crippen LogP contribution in [0.3, 0.4) is 0 Å². The molecule has 22 heavy (non-hydrogen) atoms. The van der Waals surface area contributed by atoms with Crippen LogP contribution in [0, 0.1) is 6.92 Å². The van der Waals surface area contributed by atoms with Crippen LogP contribution in [0.1, 0.15) is 35.4 Å². The fourth-order valence-corrected chi connectivity index (χ4v) is 3.41. The molecule has 116 valence electrons. The second-order valence-corrected chi connectivity index (χ2v) is 6.36. The number of benzene rings is 2. The van der Waals surface area contributed by atoms with Crippen LogP contribution in [-0.4, -0.2) is 23.8 Å². The first kappa shape index (κ1) is 15.1. The fourth-order valence-electron chi connectivity index (χ4n) is 3.41. The summed E-state index contributed by atoms with van der Waals surface area (Å²) >= 11 is 0. The van der Waals surface area contributed by atoms with Crippen molar-refractivity contribution in [3.63, 3.8) is 0 Å². The Kier molecular flexibility index (Phi) is 4.19. The van der Waals surface area contributed by atoms with E-state index in [1.165, 1.54) is 11.1 Å².